The van der Waals surface area contributed by atoms with Crippen LogP contribution in [0, 0.1) is 5.41 Å². The number of nitrogens with zero attached hydrogens (tertiary/aromatic N) is 2. The number of nitrogens with one attached hydrogen (secondary N) is 2. The van der Waals surface area contributed by atoms with E-state index in [0.29, 0.717) is 22.8 Å². The van der Waals surface area contributed by atoms with Crippen molar-refractivity contribution in [3.8, 4) is 0 Å². The van der Waals surface area contributed by atoms with E-state index >= 15 is 0 Å². The summed E-state index contributed by atoms with van der Waals surface area (Å²) in [5.74, 6) is 0. The van der Waals surface area contributed by atoms with Gasteiger partial charge in [-0.05, 0) is 35.9 Å². The third-order valence-electron chi connectivity index (χ3n) is 3.54. The van der Waals surface area contributed by atoms with Crippen molar-refractivity contribution >= 4 is 40.1 Å². The molecule has 3 rings (SSSR count). The van der Waals surface area contributed by atoms with Crippen LogP contribution in [-0.2, 0) is 6.54 Å². The van der Waals surface area contributed by atoms with Crippen LogP contribution in [0.5, 0.6) is 0 Å². The Kier molecular flexibility index (Phi) is 4.72. The molecular weight excluding hydrogens is 322 g/mol. The minimum absolute atomic E-state index is 0.420. The number of benzene rings is 1. The molecule has 2 heterocycles. The molecule has 0 atom stereocenters. The summed E-state index contributed by atoms with van der Waals surface area (Å²) in [5.41, 5.74) is 10.5. The van der Waals surface area contributed by atoms with Crippen molar-refractivity contribution in [2.24, 2.45) is 0 Å². The highest BCUT2D eigenvalue weighted by atomic mass is 35.5. The number of hydrogen-bond donors (Lipinski definition) is 3. The van der Waals surface area contributed by atoms with Crippen molar-refractivity contribution in [1.29, 1.82) is 5.41 Å². The largest absolute Gasteiger partial charge is 0.399 e. The summed E-state index contributed by atoms with van der Waals surface area (Å²) in [6, 6.07) is 13.0. The molecule has 0 saturated heterocycles. The lowest BCUT2D eigenvalue weighted by atomic mass is 10.1. The van der Waals surface area contributed by atoms with Gasteiger partial charge in [-0.25, -0.2) is 4.98 Å². The summed E-state index contributed by atoms with van der Waals surface area (Å²) in [6.45, 7) is 0.642. The van der Waals surface area contributed by atoms with Gasteiger partial charge in [0, 0.05) is 42.0 Å². The van der Waals surface area contributed by atoms with Crippen LogP contribution < -0.4 is 11.1 Å². The zero-order valence-corrected chi connectivity index (χ0v) is 13.6. The molecule has 0 saturated carbocycles. The van der Waals surface area contributed by atoms with E-state index in [2.05, 4.69) is 15.3 Å². The molecule has 24 heavy (non-hydrogen) atoms. The third-order valence-corrected chi connectivity index (χ3v) is 3.75. The Morgan fingerprint density at radius 2 is 1.96 bits per heavy atom. The number of nitrogens with two attached hydrogens (primary N) is 1. The van der Waals surface area contributed by atoms with E-state index in [4.69, 9.17) is 22.7 Å². The number of allylic oxidation sites excluding steroid dienone is 1. The quantitative estimate of drug-likeness (QED) is 0.377. The Labute approximate surface area is 144 Å². The van der Waals surface area contributed by atoms with Crippen LogP contribution in [0.3, 0.4) is 0 Å². The maximum absolute atomic E-state index is 7.63. The maximum atomic E-state index is 7.63. The average molecular weight is 338 g/mol. The first-order valence-electron chi connectivity index (χ1n) is 7.37. The predicted molar refractivity (Wildman–Crippen MR) is 99.0 cm³/mol. The van der Waals surface area contributed by atoms with Crippen LogP contribution in [0.25, 0.3) is 16.6 Å². The van der Waals surface area contributed by atoms with Gasteiger partial charge in [-0.1, -0.05) is 23.7 Å². The Hall–Kier alpha value is -2.92. The van der Waals surface area contributed by atoms with E-state index in [9.17, 15) is 0 Å². The van der Waals surface area contributed by atoms with Crippen molar-refractivity contribution < 1.29 is 0 Å². The van der Waals surface area contributed by atoms with Crippen LogP contribution in [0.4, 0.5) is 5.69 Å². The molecule has 2 aromatic heterocycles. The van der Waals surface area contributed by atoms with E-state index in [1.807, 2.05) is 36.4 Å². The Morgan fingerprint density at radius 1 is 1.17 bits per heavy atom. The van der Waals surface area contributed by atoms with Gasteiger partial charge in [0.15, 0.2) is 0 Å². The minimum atomic E-state index is 0.420. The first kappa shape index (κ1) is 16.0. The zero-order valence-electron chi connectivity index (χ0n) is 12.8. The summed E-state index contributed by atoms with van der Waals surface area (Å²) in [6.07, 6.45) is 4.79. The number of pyridine rings is 2. The van der Waals surface area contributed by atoms with Crippen molar-refractivity contribution in [2.45, 2.75) is 6.54 Å². The number of hydrogen-bond acceptors (Lipinski definition) is 5. The molecule has 0 fully saturated rings. The number of halogens is 1. The minimum Gasteiger partial charge on any atom is -0.399 e. The highest BCUT2D eigenvalue weighted by molar-refractivity contribution is 6.29. The zero-order chi connectivity index (χ0) is 16.9. The van der Waals surface area contributed by atoms with Gasteiger partial charge < -0.3 is 16.5 Å². The molecule has 6 heteroatoms. The first-order valence-corrected chi connectivity index (χ1v) is 7.74. The van der Waals surface area contributed by atoms with Crippen molar-refractivity contribution in [1.82, 2.24) is 15.3 Å². The van der Waals surface area contributed by atoms with Crippen LogP contribution in [-0.4, -0.2) is 16.2 Å². The maximum Gasteiger partial charge on any atom is 0.129 e. The van der Waals surface area contributed by atoms with Crippen molar-refractivity contribution in [2.75, 3.05) is 5.73 Å². The topological polar surface area (TPSA) is 87.7 Å². The summed E-state index contributed by atoms with van der Waals surface area (Å²) in [4.78, 5) is 8.62. The van der Waals surface area contributed by atoms with Crippen LogP contribution in [0.2, 0.25) is 5.15 Å². The summed E-state index contributed by atoms with van der Waals surface area (Å²) >= 11 is 5.93. The van der Waals surface area contributed by atoms with Gasteiger partial charge >= 0.3 is 0 Å². The molecule has 1 aromatic carbocycles. The molecular formula is C18H16ClN5. The molecule has 120 valence electrons. The molecule has 0 aliphatic rings. The second-order valence-corrected chi connectivity index (χ2v) is 5.65. The summed E-state index contributed by atoms with van der Waals surface area (Å²) < 4.78 is 0. The fourth-order valence-electron chi connectivity index (χ4n) is 2.26. The molecule has 0 aliphatic carbocycles. The second-order valence-electron chi connectivity index (χ2n) is 5.26. The molecule has 0 bridgehead atoms. The molecule has 0 amide bonds. The highest BCUT2D eigenvalue weighted by Gasteiger charge is 2.04. The SMILES string of the molecule is N=C/C(=C\NCc1ccc(N)cc1)c1cnc2ccc(Cl)nc2c1. The number of nitrogen functional groups attached to an aromatic ring is 1. The van der Waals surface area contributed by atoms with Gasteiger partial charge in [0.05, 0.1) is 11.0 Å². The normalized spacial score (nSPS) is 11.5. The predicted octanol–water partition coefficient (Wildman–Crippen LogP) is 3.65. The number of fused-ring (bicyclic) bond motifs is 1. The third kappa shape index (κ3) is 3.70. The molecule has 4 N–H and O–H groups in total. The summed E-state index contributed by atoms with van der Waals surface area (Å²) in [5, 5.41) is 11.3. The van der Waals surface area contributed by atoms with Crippen molar-refractivity contribution in [3.63, 3.8) is 0 Å². The van der Waals surface area contributed by atoms with Crippen LogP contribution >= 0.6 is 11.6 Å². The van der Waals surface area contributed by atoms with E-state index < -0.39 is 0 Å². The number of anilines is 1. The lowest BCUT2D eigenvalue weighted by Gasteiger charge is -2.06. The Bertz CT molecular complexity index is 903. The molecule has 5 nitrogen and oxygen atoms in total. The van der Waals surface area contributed by atoms with Gasteiger partial charge in [-0.3, -0.25) is 4.98 Å². The molecule has 0 radical (unpaired) electrons. The van der Waals surface area contributed by atoms with E-state index in [-0.39, 0.29) is 0 Å². The van der Waals surface area contributed by atoms with Gasteiger partial charge in [0.1, 0.15) is 5.15 Å². The Morgan fingerprint density at radius 3 is 2.71 bits per heavy atom. The van der Waals surface area contributed by atoms with E-state index in [1.54, 1.807) is 18.5 Å². The van der Waals surface area contributed by atoms with Gasteiger partial charge in [-0.2, -0.15) is 0 Å². The number of aromatic nitrogens is 2. The fourth-order valence-corrected chi connectivity index (χ4v) is 2.42. The number of rotatable bonds is 5. The smallest absolute Gasteiger partial charge is 0.129 e. The van der Waals surface area contributed by atoms with Gasteiger partial charge in [-0.15, -0.1) is 0 Å². The fraction of sp³-hybridized carbons (Fsp3) is 0.0556. The monoisotopic (exact) mass is 337 g/mol. The molecule has 0 spiro atoms. The molecule has 0 aliphatic heterocycles. The molecule has 0 unspecified atom stereocenters. The van der Waals surface area contributed by atoms with Crippen molar-refractivity contribution in [3.05, 3.63) is 71.1 Å². The average Bonchev–Trinajstić information content (AvgIpc) is 2.59. The Balaban J connectivity index is 1.79. The second kappa shape index (κ2) is 7.10. The van der Waals surface area contributed by atoms with Gasteiger partial charge in [0.2, 0.25) is 0 Å². The van der Waals surface area contributed by atoms with Gasteiger partial charge in [0.25, 0.3) is 0 Å². The van der Waals surface area contributed by atoms with E-state index in [1.165, 1.54) is 6.21 Å². The van der Waals surface area contributed by atoms with Crippen LogP contribution in [0.15, 0.2) is 54.9 Å². The first-order chi connectivity index (χ1) is 11.7. The lowest BCUT2D eigenvalue weighted by molar-refractivity contribution is 0.873. The van der Waals surface area contributed by atoms with E-state index in [0.717, 1.165) is 22.3 Å². The molecule has 3 aromatic rings. The summed E-state index contributed by atoms with van der Waals surface area (Å²) in [7, 11) is 0. The standard InChI is InChI=1S/C18H16ClN5/c19-18-6-5-16-17(24-18)7-13(11-23-16)14(8-20)10-22-9-12-1-3-15(21)4-2-12/h1-8,10-11,20,22H,9,21H2/b14-10+,20-8?. The lowest BCUT2D eigenvalue weighted by Crippen LogP contribution is -2.06. The van der Waals surface area contributed by atoms with Crippen LogP contribution in [0.1, 0.15) is 11.1 Å². The highest BCUT2D eigenvalue weighted by Crippen LogP contribution is 2.18.